The lowest BCUT2D eigenvalue weighted by Gasteiger charge is -2.17. The molecule has 0 aliphatic heterocycles. The maximum absolute atomic E-state index is 14.5. The molecule has 2 N–H and O–H groups in total. The lowest BCUT2D eigenvalue weighted by molar-refractivity contribution is 0.434. The minimum absolute atomic E-state index is 0.00300. The molecule has 0 radical (unpaired) electrons. The number of aromatic nitrogens is 2. The lowest BCUT2D eigenvalue weighted by atomic mass is 9.97. The summed E-state index contributed by atoms with van der Waals surface area (Å²) in [5.74, 6) is -2.87. The topological polar surface area (TPSA) is 63.0 Å². The first-order valence-corrected chi connectivity index (χ1v) is 9.50. The molecule has 3 rings (SSSR count). The minimum Gasteiger partial charge on any atom is -0.403 e. The van der Waals surface area contributed by atoms with Crippen molar-refractivity contribution in [3.05, 3.63) is 51.4 Å². The summed E-state index contributed by atoms with van der Waals surface area (Å²) in [6, 6.07) is 6.76. The molecule has 28 heavy (non-hydrogen) atoms. The van der Waals surface area contributed by atoms with E-state index in [0.29, 0.717) is 10.1 Å². The van der Waals surface area contributed by atoms with Crippen LogP contribution < -0.4 is 10.6 Å². The molecule has 0 amide bonds. The lowest BCUT2D eigenvalue weighted by Crippen LogP contribution is -2.19. The van der Waals surface area contributed by atoms with E-state index in [1.54, 1.807) is 6.07 Å². The monoisotopic (exact) mass is 502 g/mol. The molecule has 0 unspecified atom stereocenters. The van der Waals surface area contributed by atoms with Crippen molar-refractivity contribution in [2.24, 2.45) is 5.41 Å². The highest BCUT2D eigenvalue weighted by molar-refractivity contribution is 14.1. The quantitative estimate of drug-likeness (QED) is 0.422. The van der Waals surface area contributed by atoms with Gasteiger partial charge in [-0.2, -0.15) is 0 Å². The van der Waals surface area contributed by atoms with Gasteiger partial charge >= 0.3 is 6.01 Å². The molecule has 1 heterocycles. The molecule has 0 spiro atoms. The van der Waals surface area contributed by atoms with Crippen molar-refractivity contribution in [3.63, 3.8) is 0 Å². The molecule has 0 atom stereocenters. The summed E-state index contributed by atoms with van der Waals surface area (Å²) in [7, 11) is 0. The third-order valence-electron chi connectivity index (χ3n) is 3.71. The van der Waals surface area contributed by atoms with Crippen LogP contribution in [-0.2, 0) is 0 Å². The molecular formula is C19H18F3IN4O. The Morgan fingerprint density at radius 2 is 1.79 bits per heavy atom. The second-order valence-corrected chi connectivity index (χ2v) is 8.61. The van der Waals surface area contributed by atoms with Crippen LogP contribution in [0.5, 0.6) is 0 Å². The second kappa shape index (κ2) is 7.98. The summed E-state index contributed by atoms with van der Waals surface area (Å²) >= 11 is 1.96. The van der Waals surface area contributed by atoms with Crippen LogP contribution in [0.25, 0.3) is 11.5 Å². The van der Waals surface area contributed by atoms with Crippen molar-refractivity contribution in [1.82, 2.24) is 10.2 Å². The first kappa shape index (κ1) is 20.4. The molecule has 148 valence electrons. The molecule has 0 bridgehead atoms. The Morgan fingerprint density at radius 3 is 2.46 bits per heavy atom. The fourth-order valence-electron chi connectivity index (χ4n) is 2.32. The highest BCUT2D eigenvalue weighted by atomic mass is 127. The van der Waals surface area contributed by atoms with Crippen LogP contribution in [0.3, 0.4) is 0 Å². The predicted octanol–water partition coefficient (Wildman–Crippen LogP) is 5.96. The Morgan fingerprint density at radius 1 is 1.04 bits per heavy atom. The van der Waals surface area contributed by atoms with E-state index < -0.39 is 17.5 Å². The molecule has 0 saturated heterocycles. The highest BCUT2D eigenvalue weighted by Gasteiger charge is 2.21. The van der Waals surface area contributed by atoms with E-state index in [2.05, 4.69) is 20.8 Å². The van der Waals surface area contributed by atoms with Gasteiger partial charge in [-0.25, -0.2) is 13.2 Å². The van der Waals surface area contributed by atoms with Gasteiger partial charge in [-0.05, 0) is 58.3 Å². The summed E-state index contributed by atoms with van der Waals surface area (Å²) in [4.78, 5) is 0. The minimum atomic E-state index is -1.17. The number of nitrogens with one attached hydrogen (secondary N) is 2. The smallest absolute Gasteiger partial charge is 0.315 e. The second-order valence-electron chi connectivity index (χ2n) is 7.36. The Bertz CT molecular complexity index is 1000. The van der Waals surface area contributed by atoms with Gasteiger partial charge in [0, 0.05) is 10.1 Å². The first-order valence-electron chi connectivity index (χ1n) is 8.42. The maximum Gasteiger partial charge on any atom is 0.315 e. The Balaban J connectivity index is 1.96. The van der Waals surface area contributed by atoms with E-state index in [-0.39, 0.29) is 34.3 Å². The van der Waals surface area contributed by atoms with E-state index in [1.807, 2.05) is 43.4 Å². The number of anilines is 3. The Labute approximate surface area is 173 Å². The normalized spacial score (nSPS) is 11.5. The van der Waals surface area contributed by atoms with E-state index in [0.717, 1.165) is 6.07 Å². The molecule has 0 fully saturated rings. The zero-order chi connectivity index (χ0) is 20.5. The fraction of sp³-hybridized carbons (Fsp3) is 0.263. The average Bonchev–Trinajstić information content (AvgIpc) is 3.07. The van der Waals surface area contributed by atoms with Gasteiger partial charge in [-0.15, -0.1) is 5.10 Å². The summed E-state index contributed by atoms with van der Waals surface area (Å²) in [6.07, 6.45) is 0. The molecule has 9 heteroatoms. The van der Waals surface area contributed by atoms with E-state index >= 15 is 0 Å². The van der Waals surface area contributed by atoms with Crippen LogP contribution in [0.4, 0.5) is 30.6 Å². The average molecular weight is 502 g/mol. The Hall–Kier alpha value is -2.30. The van der Waals surface area contributed by atoms with Gasteiger partial charge in [0.1, 0.15) is 5.82 Å². The fourth-order valence-corrected chi connectivity index (χ4v) is 2.77. The van der Waals surface area contributed by atoms with Crippen molar-refractivity contribution < 1.29 is 17.6 Å². The summed E-state index contributed by atoms with van der Waals surface area (Å²) < 4.78 is 48.7. The van der Waals surface area contributed by atoms with Gasteiger partial charge in [-0.1, -0.05) is 25.9 Å². The van der Waals surface area contributed by atoms with Gasteiger partial charge in [0.15, 0.2) is 11.6 Å². The van der Waals surface area contributed by atoms with Crippen LogP contribution in [0.1, 0.15) is 20.8 Å². The van der Waals surface area contributed by atoms with Crippen molar-refractivity contribution in [2.45, 2.75) is 20.8 Å². The number of halogens is 4. The van der Waals surface area contributed by atoms with E-state index in [4.69, 9.17) is 4.42 Å². The number of benzene rings is 2. The highest BCUT2D eigenvalue weighted by Crippen LogP contribution is 2.34. The molecule has 3 aromatic rings. The first-order chi connectivity index (χ1) is 13.1. The zero-order valence-corrected chi connectivity index (χ0v) is 17.6. The summed E-state index contributed by atoms with van der Waals surface area (Å²) in [5.41, 5.74) is -0.192. The van der Waals surface area contributed by atoms with Crippen molar-refractivity contribution in [3.8, 4) is 11.5 Å². The van der Waals surface area contributed by atoms with Crippen LogP contribution in [-0.4, -0.2) is 16.7 Å². The van der Waals surface area contributed by atoms with Crippen LogP contribution in [0.2, 0.25) is 0 Å². The predicted molar refractivity (Wildman–Crippen MR) is 110 cm³/mol. The Kier molecular flexibility index (Phi) is 5.82. The van der Waals surface area contributed by atoms with E-state index in [9.17, 15) is 13.2 Å². The van der Waals surface area contributed by atoms with Crippen molar-refractivity contribution in [2.75, 3.05) is 17.2 Å². The number of hydrogen-bond acceptors (Lipinski definition) is 5. The SMILES string of the molecule is CC(C)(C)CNc1nnc(-c2ccc(F)c(F)c2Nc2ccc(I)cc2F)o1. The largest absolute Gasteiger partial charge is 0.403 e. The van der Waals surface area contributed by atoms with Gasteiger partial charge in [-0.3, -0.25) is 0 Å². The molecule has 2 aromatic carbocycles. The van der Waals surface area contributed by atoms with Crippen molar-refractivity contribution in [1.29, 1.82) is 0 Å². The van der Waals surface area contributed by atoms with Gasteiger partial charge < -0.3 is 15.1 Å². The van der Waals surface area contributed by atoms with Crippen LogP contribution in [0, 0.1) is 26.4 Å². The number of nitrogens with zero attached hydrogens (tertiary/aromatic N) is 2. The maximum atomic E-state index is 14.5. The molecule has 1 aromatic heterocycles. The molecule has 0 aliphatic carbocycles. The summed E-state index contributed by atoms with van der Waals surface area (Å²) in [5, 5.41) is 13.4. The van der Waals surface area contributed by atoms with Gasteiger partial charge in [0.2, 0.25) is 0 Å². The standard InChI is InChI=1S/C19H18F3IN4O/c1-19(2,3)9-24-18-27-26-17(28-18)11-5-6-12(20)15(22)16(11)25-14-7-4-10(23)8-13(14)21/h4-8,25H,9H2,1-3H3,(H,24,27). The molecule has 0 saturated carbocycles. The van der Waals surface area contributed by atoms with E-state index in [1.165, 1.54) is 18.2 Å². The third-order valence-corrected chi connectivity index (χ3v) is 4.38. The summed E-state index contributed by atoms with van der Waals surface area (Å²) in [6.45, 7) is 6.67. The molecule has 5 nitrogen and oxygen atoms in total. The number of rotatable bonds is 5. The number of hydrogen-bond donors (Lipinski definition) is 2. The molecule has 0 aliphatic rings. The van der Waals surface area contributed by atoms with Gasteiger partial charge in [0.05, 0.1) is 16.9 Å². The zero-order valence-electron chi connectivity index (χ0n) is 15.4. The molecular weight excluding hydrogens is 484 g/mol. The van der Waals surface area contributed by atoms with Crippen LogP contribution in [0.15, 0.2) is 34.7 Å². The van der Waals surface area contributed by atoms with Crippen LogP contribution >= 0.6 is 22.6 Å². The third kappa shape index (κ3) is 4.75. The van der Waals surface area contributed by atoms with Gasteiger partial charge in [0.25, 0.3) is 5.89 Å². The van der Waals surface area contributed by atoms with Crippen molar-refractivity contribution >= 4 is 40.0 Å².